The smallest absolute Gasteiger partial charge is 0.332 e. The van der Waals surface area contributed by atoms with Gasteiger partial charge in [0, 0.05) is 24.7 Å². The second-order valence-corrected chi connectivity index (χ2v) is 7.10. The van der Waals surface area contributed by atoms with Crippen molar-refractivity contribution in [3.63, 3.8) is 0 Å². The molecule has 4 rings (SSSR count). The lowest BCUT2D eigenvalue weighted by Gasteiger charge is -2.07. The Morgan fingerprint density at radius 1 is 1.03 bits per heavy atom. The van der Waals surface area contributed by atoms with Crippen LogP contribution in [0.25, 0.3) is 22.2 Å². The number of aromatic amines is 1. The van der Waals surface area contributed by atoms with Gasteiger partial charge in [-0.15, -0.1) is 0 Å². The van der Waals surface area contributed by atoms with Crippen molar-refractivity contribution >= 4 is 28.4 Å². The number of H-pyrrole nitrogens is 1. The first-order valence-electron chi connectivity index (χ1n) is 8.71. The van der Waals surface area contributed by atoms with Crippen LogP contribution in [0.15, 0.2) is 58.1 Å². The number of aryl methyl sites for hydroxylation is 1. The van der Waals surface area contributed by atoms with E-state index in [-0.39, 0.29) is 28.0 Å². The maximum atomic E-state index is 13.3. The Balaban J connectivity index is 2.16. The van der Waals surface area contributed by atoms with E-state index in [0.29, 0.717) is 16.1 Å². The van der Waals surface area contributed by atoms with Crippen LogP contribution in [0.3, 0.4) is 0 Å². The van der Waals surface area contributed by atoms with Crippen LogP contribution in [0.5, 0.6) is 5.75 Å². The van der Waals surface area contributed by atoms with Gasteiger partial charge in [0.2, 0.25) is 5.78 Å². The van der Waals surface area contributed by atoms with Crippen LogP contribution in [0.2, 0.25) is 5.02 Å². The molecule has 2 aromatic heterocycles. The number of fused-ring (bicyclic) bond motifs is 1. The van der Waals surface area contributed by atoms with Crippen molar-refractivity contribution in [2.24, 2.45) is 14.1 Å². The third-order valence-electron chi connectivity index (χ3n) is 4.90. The second-order valence-electron chi connectivity index (χ2n) is 6.66. The second kappa shape index (κ2) is 6.79. The van der Waals surface area contributed by atoms with Gasteiger partial charge in [0.15, 0.2) is 0 Å². The van der Waals surface area contributed by atoms with Crippen molar-refractivity contribution in [2.75, 3.05) is 0 Å². The first kappa shape index (κ1) is 18.8. The topological polar surface area (TPSA) is 97.1 Å². The number of nitrogens with one attached hydrogen (secondary N) is 1. The van der Waals surface area contributed by atoms with Gasteiger partial charge in [-0.2, -0.15) is 0 Å². The molecule has 0 aliphatic heterocycles. The largest absolute Gasteiger partial charge is 0.507 e. The summed E-state index contributed by atoms with van der Waals surface area (Å²) in [6, 6.07) is 12.9. The zero-order valence-electron chi connectivity index (χ0n) is 15.6. The van der Waals surface area contributed by atoms with Crippen molar-refractivity contribution in [3.05, 3.63) is 85.6 Å². The average Bonchev–Trinajstić information content (AvgIpc) is 3.11. The van der Waals surface area contributed by atoms with Gasteiger partial charge in [0.1, 0.15) is 11.4 Å². The zero-order valence-corrected chi connectivity index (χ0v) is 16.3. The molecular weight excluding hydrogens is 394 g/mol. The summed E-state index contributed by atoms with van der Waals surface area (Å²) in [5.74, 6) is -0.696. The molecule has 0 aliphatic rings. The number of phenols is 1. The molecule has 0 radical (unpaired) electrons. The summed E-state index contributed by atoms with van der Waals surface area (Å²) in [6.07, 6.45) is 0. The molecule has 2 aromatic carbocycles. The Labute approximate surface area is 169 Å². The minimum atomic E-state index is -0.536. The van der Waals surface area contributed by atoms with Crippen LogP contribution in [-0.4, -0.2) is 25.0 Å². The number of halogens is 1. The number of hydrogen-bond acceptors (Lipinski definition) is 4. The molecule has 29 heavy (non-hydrogen) atoms. The minimum Gasteiger partial charge on any atom is -0.507 e. The number of aromatic nitrogens is 3. The number of benzene rings is 2. The van der Waals surface area contributed by atoms with Crippen molar-refractivity contribution in [3.8, 4) is 16.9 Å². The molecule has 7 nitrogen and oxygen atoms in total. The summed E-state index contributed by atoms with van der Waals surface area (Å²) in [5, 5.41) is 10.8. The third-order valence-corrected chi connectivity index (χ3v) is 5.13. The van der Waals surface area contributed by atoms with Gasteiger partial charge in [0.25, 0.3) is 5.56 Å². The van der Waals surface area contributed by atoms with Crippen molar-refractivity contribution in [1.29, 1.82) is 0 Å². The first-order chi connectivity index (χ1) is 13.8. The fourth-order valence-corrected chi connectivity index (χ4v) is 3.62. The summed E-state index contributed by atoms with van der Waals surface area (Å²) in [7, 11) is 2.89. The van der Waals surface area contributed by atoms with Crippen LogP contribution in [0.4, 0.5) is 0 Å². The highest BCUT2D eigenvalue weighted by molar-refractivity contribution is 6.31. The van der Waals surface area contributed by atoms with Crippen LogP contribution in [-0.2, 0) is 14.1 Å². The predicted octanol–water partition coefficient (Wildman–Crippen LogP) is 2.82. The summed E-state index contributed by atoms with van der Waals surface area (Å²) >= 11 is 6.14. The fraction of sp³-hybridized carbons (Fsp3) is 0.0952. The Bertz CT molecular complexity index is 1410. The molecule has 0 unspecified atom stereocenters. The number of ketones is 1. The molecule has 2 heterocycles. The lowest BCUT2D eigenvalue weighted by molar-refractivity contribution is 0.103. The number of carbonyl (C=O) groups excluding carboxylic acids is 1. The van der Waals surface area contributed by atoms with E-state index in [0.717, 1.165) is 4.57 Å². The van der Waals surface area contributed by atoms with Crippen LogP contribution < -0.4 is 11.2 Å². The fourth-order valence-electron chi connectivity index (χ4n) is 3.43. The molecule has 0 fully saturated rings. The minimum absolute atomic E-state index is 0.0733. The molecule has 0 amide bonds. The van der Waals surface area contributed by atoms with Gasteiger partial charge >= 0.3 is 5.69 Å². The van der Waals surface area contributed by atoms with Gasteiger partial charge < -0.3 is 10.1 Å². The summed E-state index contributed by atoms with van der Waals surface area (Å²) < 4.78 is 2.25. The summed E-state index contributed by atoms with van der Waals surface area (Å²) in [5.41, 5.74) is 0.178. The Morgan fingerprint density at radius 2 is 1.76 bits per heavy atom. The Kier molecular flexibility index (Phi) is 4.39. The number of aromatic hydroxyl groups is 1. The molecule has 0 bridgehead atoms. The standard InChI is InChI=1S/C21H16ClN3O4/c1-24-19-16(20(28)25(2)21(24)29)15(11-6-5-7-12(22)10-11)17(23-19)18(27)13-8-3-4-9-14(13)26/h3-10,23,26H,1-2H3. The molecule has 146 valence electrons. The molecule has 0 spiro atoms. The van der Waals surface area contributed by atoms with Crippen LogP contribution in [0, 0.1) is 0 Å². The van der Waals surface area contributed by atoms with E-state index in [1.54, 1.807) is 36.4 Å². The van der Waals surface area contributed by atoms with E-state index < -0.39 is 17.0 Å². The number of phenolic OH excluding ortho intramolecular Hbond substituents is 1. The van der Waals surface area contributed by atoms with E-state index in [1.807, 2.05) is 0 Å². The molecule has 0 saturated heterocycles. The molecule has 2 N–H and O–H groups in total. The lowest BCUT2D eigenvalue weighted by atomic mass is 9.98. The summed E-state index contributed by atoms with van der Waals surface area (Å²) in [4.78, 5) is 41.5. The number of rotatable bonds is 3. The predicted molar refractivity (Wildman–Crippen MR) is 111 cm³/mol. The van der Waals surface area contributed by atoms with Crippen LogP contribution >= 0.6 is 11.6 Å². The number of para-hydroxylation sites is 1. The highest BCUT2D eigenvalue weighted by atomic mass is 35.5. The average molecular weight is 410 g/mol. The quantitative estimate of drug-likeness (QED) is 0.508. The molecule has 8 heteroatoms. The van der Waals surface area contributed by atoms with E-state index in [2.05, 4.69) is 4.98 Å². The number of nitrogens with zero attached hydrogens (tertiary/aromatic N) is 2. The van der Waals surface area contributed by atoms with Gasteiger partial charge in [0.05, 0.1) is 16.6 Å². The molecule has 0 aliphatic carbocycles. The van der Waals surface area contributed by atoms with Crippen molar-refractivity contribution in [2.45, 2.75) is 0 Å². The zero-order chi connectivity index (χ0) is 20.9. The summed E-state index contributed by atoms with van der Waals surface area (Å²) in [6.45, 7) is 0. The monoisotopic (exact) mass is 409 g/mol. The molecule has 4 aromatic rings. The molecule has 0 saturated carbocycles. The van der Waals surface area contributed by atoms with Gasteiger partial charge in [-0.05, 0) is 29.8 Å². The SMILES string of the molecule is Cn1c(=O)c2c(-c3cccc(Cl)c3)c(C(=O)c3ccccc3O)[nH]c2n(C)c1=O. The normalized spacial score (nSPS) is 11.1. The maximum absolute atomic E-state index is 13.3. The Hall–Kier alpha value is -3.58. The number of carbonyl (C=O) groups is 1. The lowest BCUT2D eigenvalue weighted by Crippen LogP contribution is -2.36. The van der Waals surface area contributed by atoms with Gasteiger partial charge in [-0.3, -0.25) is 18.7 Å². The van der Waals surface area contributed by atoms with E-state index in [1.165, 1.54) is 30.8 Å². The third kappa shape index (κ3) is 2.87. The van der Waals surface area contributed by atoms with Crippen LogP contribution in [0.1, 0.15) is 16.1 Å². The van der Waals surface area contributed by atoms with Crippen molar-refractivity contribution < 1.29 is 9.90 Å². The van der Waals surface area contributed by atoms with Gasteiger partial charge in [-0.1, -0.05) is 35.9 Å². The highest BCUT2D eigenvalue weighted by Gasteiger charge is 2.26. The van der Waals surface area contributed by atoms with E-state index in [4.69, 9.17) is 11.6 Å². The van der Waals surface area contributed by atoms with E-state index >= 15 is 0 Å². The molecule has 0 atom stereocenters. The molecular formula is C21H16ClN3O4. The van der Waals surface area contributed by atoms with Crippen molar-refractivity contribution in [1.82, 2.24) is 14.1 Å². The Morgan fingerprint density at radius 3 is 2.45 bits per heavy atom. The highest BCUT2D eigenvalue weighted by Crippen LogP contribution is 2.34. The maximum Gasteiger partial charge on any atom is 0.332 e. The first-order valence-corrected chi connectivity index (χ1v) is 9.09. The number of hydrogen-bond donors (Lipinski definition) is 2. The van der Waals surface area contributed by atoms with E-state index in [9.17, 15) is 19.5 Å². The van der Waals surface area contributed by atoms with Gasteiger partial charge in [-0.25, -0.2) is 4.79 Å².